The van der Waals surface area contributed by atoms with Crippen molar-refractivity contribution in [1.29, 1.82) is 0 Å². The molecule has 0 atom stereocenters. The topological polar surface area (TPSA) is 44.5 Å². The highest BCUT2D eigenvalue weighted by atomic mass is 35.5. The molecule has 0 amide bonds. The van der Waals surface area contributed by atoms with Gasteiger partial charge in [0, 0.05) is 5.56 Å². The molecule has 0 bridgehead atoms. The normalized spacial score (nSPS) is 10.5. The molecule has 0 aromatic heterocycles. The maximum absolute atomic E-state index is 13.5. The molecule has 0 spiro atoms. The van der Waals surface area contributed by atoms with E-state index in [9.17, 15) is 4.39 Å². The molecule has 2 rings (SSSR count). The molecule has 3 nitrogen and oxygen atoms in total. The Kier molecular flexibility index (Phi) is 4.91. The molecule has 0 aliphatic carbocycles. The predicted molar refractivity (Wildman–Crippen MR) is 83.6 cm³/mol. The number of benzene rings is 2. The van der Waals surface area contributed by atoms with Crippen molar-refractivity contribution in [3.63, 3.8) is 0 Å². The van der Waals surface area contributed by atoms with Gasteiger partial charge in [-0.2, -0.15) is 0 Å². The molecule has 112 valence electrons. The van der Waals surface area contributed by atoms with Gasteiger partial charge in [-0.3, -0.25) is 0 Å². The van der Waals surface area contributed by atoms with Crippen LogP contribution in [0.2, 0.25) is 5.02 Å². The molecule has 0 fully saturated rings. The summed E-state index contributed by atoms with van der Waals surface area (Å²) in [6, 6.07) is 7.90. The largest absolute Gasteiger partial charge is 0.490 e. The van der Waals surface area contributed by atoms with E-state index in [1.165, 1.54) is 12.1 Å². The van der Waals surface area contributed by atoms with Crippen LogP contribution in [-0.4, -0.2) is 13.2 Å². The summed E-state index contributed by atoms with van der Waals surface area (Å²) in [7, 11) is 0. The van der Waals surface area contributed by atoms with E-state index in [1.807, 2.05) is 13.8 Å². The number of rotatable bonds is 5. The second-order valence-corrected chi connectivity index (χ2v) is 4.78. The van der Waals surface area contributed by atoms with Crippen molar-refractivity contribution in [2.45, 2.75) is 13.8 Å². The standard InChI is InChI=1S/C16H17ClFNO2/c1-3-20-14-6-5-10(7-15(14)21-4-2)12-8-11(18)9-13(17)16(12)19/h5-9H,3-4,19H2,1-2H3. The van der Waals surface area contributed by atoms with Gasteiger partial charge in [-0.15, -0.1) is 0 Å². The van der Waals surface area contributed by atoms with Crippen LogP contribution in [0.15, 0.2) is 30.3 Å². The maximum Gasteiger partial charge on any atom is 0.161 e. The average Bonchev–Trinajstić information content (AvgIpc) is 2.45. The van der Waals surface area contributed by atoms with Gasteiger partial charge in [0.15, 0.2) is 11.5 Å². The van der Waals surface area contributed by atoms with Gasteiger partial charge in [-0.1, -0.05) is 17.7 Å². The zero-order valence-corrected chi connectivity index (χ0v) is 12.7. The predicted octanol–water partition coefficient (Wildman–Crippen LogP) is 4.53. The molecule has 2 aromatic carbocycles. The Morgan fingerprint density at radius 2 is 1.71 bits per heavy atom. The third-order valence-electron chi connectivity index (χ3n) is 2.95. The molecule has 0 saturated carbocycles. The first-order valence-electron chi connectivity index (χ1n) is 6.71. The number of hydrogen-bond donors (Lipinski definition) is 1. The first kappa shape index (κ1) is 15.4. The summed E-state index contributed by atoms with van der Waals surface area (Å²) < 4.78 is 24.6. The van der Waals surface area contributed by atoms with Crippen LogP contribution >= 0.6 is 11.6 Å². The molecule has 5 heteroatoms. The lowest BCUT2D eigenvalue weighted by Crippen LogP contribution is -1.99. The lowest BCUT2D eigenvalue weighted by Gasteiger charge is -2.14. The molecule has 2 aromatic rings. The minimum atomic E-state index is -0.434. The molecule has 0 saturated heterocycles. The third-order valence-corrected chi connectivity index (χ3v) is 3.26. The van der Waals surface area contributed by atoms with Crippen LogP contribution in [0.25, 0.3) is 11.1 Å². The van der Waals surface area contributed by atoms with Crippen molar-refractivity contribution in [1.82, 2.24) is 0 Å². The highest BCUT2D eigenvalue weighted by molar-refractivity contribution is 6.33. The Morgan fingerprint density at radius 1 is 1.05 bits per heavy atom. The number of halogens is 2. The van der Waals surface area contributed by atoms with Gasteiger partial charge >= 0.3 is 0 Å². The van der Waals surface area contributed by atoms with E-state index in [1.54, 1.807) is 18.2 Å². The lowest BCUT2D eigenvalue weighted by atomic mass is 10.0. The van der Waals surface area contributed by atoms with E-state index in [4.69, 9.17) is 26.8 Å². The minimum Gasteiger partial charge on any atom is -0.490 e. The Morgan fingerprint density at radius 3 is 2.38 bits per heavy atom. The highest BCUT2D eigenvalue weighted by Crippen LogP contribution is 2.37. The first-order chi connectivity index (χ1) is 10.1. The smallest absolute Gasteiger partial charge is 0.161 e. The monoisotopic (exact) mass is 309 g/mol. The summed E-state index contributed by atoms with van der Waals surface area (Å²) in [6.45, 7) is 4.82. The van der Waals surface area contributed by atoms with Gasteiger partial charge in [0.1, 0.15) is 5.82 Å². The van der Waals surface area contributed by atoms with Gasteiger partial charge in [0.05, 0.1) is 23.9 Å². The van der Waals surface area contributed by atoms with Crippen LogP contribution in [0.5, 0.6) is 11.5 Å². The SMILES string of the molecule is CCOc1ccc(-c2cc(F)cc(Cl)c2N)cc1OCC. The quantitative estimate of drug-likeness (QED) is 0.826. The van der Waals surface area contributed by atoms with Crippen molar-refractivity contribution in [3.8, 4) is 22.6 Å². The number of nitrogen functional groups attached to an aromatic ring is 1. The Labute approximate surface area is 128 Å². The van der Waals surface area contributed by atoms with E-state index in [2.05, 4.69) is 0 Å². The van der Waals surface area contributed by atoms with Crippen LogP contribution < -0.4 is 15.2 Å². The fourth-order valence-electron chi connectivity index (χ4n) is 2.04. The molecule has 0 unspecified atom stereocenters. The Balaban J connectivity index is 2.52. The molecule has 21 heavy (non-hydrogen) atoms. The first-order valence-corrected chi connectivity index (χ1v) is 7.09. The summed E-state index contributed by atoms with van der Waals surface area (Å²) >= 11 is 5.93. The Hall–Kier alpha value is -1.94. The number of anilines is 1. The maximum atomic E-state index is 13.5. The molecule has 0 heterocycles. The fraction of sp³-hybridized carbons (Fsp3) is 0.250. The van der Waals surface area contributed by atoms with Crippen LogP contribution in [-0.2, 0) is 0 Å². The summed E-state index contributed by atoms with van der Waals surface area (Å²) in [4.78, 5) is 0. The van der Waals surface area contributed by atoms with Crippen molar-refractivity contribution in [2.24, 2.45) is 0 Å². The van der Waals surface area contributed by atoms with E-state index < -0.39 is 5.82 Å². The summed E-state index contributed by atoms with van der Waals surface area (Å²) in [5.41, 5.74) is 7.53. The van der Waals surface area contributed by atoms with Gasteiger partial charge in [0.2, 0.25) is 0 Å². The zero-order chi connectivity index (χ0) is 15.4. The molecular formula is C16H17ClFNO2. The van der Waals surface area contributed by atoms with Gasteiger partial charge in [-0.25, -0.2) is 4.39 Å². The summed E-state index contributed by atoms with van der Waals surface area (Å²) in [6.07, 6.45) is 0. The third kappa shape index (κ3) is 3.39. The van der Waals surface area contributed by atoms with E-state index >= 15 is 0 Å². The van der Waals surface area contributed by atoms with Crippen LogP contribution in [0.3, 0.4) is 0 Å². The highest BCUT2D eigenvalue weighted by Gasteiger charge is 2.12. The molecule has 0 aliphatic rings. The van der Waals surface area contributed by atoms with Crippen molar-refractivity contribution < 1.29 is 13.9 Å². The van der Waals surface area contributed by atoms with Gasteiger partial charge in [-0.05, 0) is 43.7 Å². The minimum absolute atomic E-state index is 0.192. The van der Waals surface area contributed by atoms with Crippen LogP contribution in [0.4, 0.5) is 10.1 Å². The second-order valence-electron chi connectivity index (χ2n) is 4.38. The molecule has 0 aliphatic heterocycles. The molecule has 2 N–H and O–H groups in total. The van der Waals surface area contributed by atoms with Crippen molar-refractivity contribution in [3.05, 3.63) is 41.2 Å². The number of hydrogen-bond acceptors (Lipinski definition) is 3. The van der Waals surface area contributed by atoms with E-state index in [0.717, 1.165) is 5.56 Å². The Bertz CT molecular complexity index is 646. The van der Waals surface area contributed by atoms with Crippen LogP contribution in [0.1, 0.15) is 13.8 Å². The lowest BCUT2D eigenvalue weighted by molar-refractivity contribution is 0.288. The zero-order valence-electron chi connectivity index (χ0n) is 12.0. The average molecular weight is 310 g/mol. The summed E-state index contributed by atoms with van der Waals surface area (Å²) in [5, 5.41) is 0.192. The second kappa shape index (κ2) is 6.68. The number of nitrogens with two attached hydrogens (primary N) is 1. The van der Waals surface area contributed by atoms with Crippen molar-refractivity contribution >= 4 is 17.3 Å². The van der Waals surface area contributed by atoms with E-state index in [-0.39, 0.29) is 5.02 Å². The number of ether oxygens (including phenoxy) is 2. The fourth-order valence-corrected chi connectivity index (χ4v) is 2.25. The molecule has 0 radical (unpaired) electrons. The van der Waals surface area contributed by atoms with E-state index in [0.29, 0.717) is 36.0 Å². The molecular weight excluding hydrogens is 293 g/mol. The van der Waals surface area contributed by atoms with Gasteiger partial charge in [0.25, 0.3) is 0 Å². The summed E-state index contributed by atoms with van der Waals surface area (Å²) in [5.74, 6) is 0.803. The van der Waals surface area contributed by atoms with Crippen LogP contribution in [0, 0.1) is 5.82 Å². The van der Waals surface area contributed by atoms with Crippen molar-refractivity contribution in [2.75, 3.05) is 18.9 Å². The van der Waals surface area contributed by atoms with Gasteiger partial charge < -0.3 is 15.2 Å².